The van der Waals surface area contributed by atoms with Gasteiger partial charge in [-0.2, -0.15) is 13.2 Å². The molecular formula is C22H24F4N2O4. The molecule has 32 heavy (non-hydrogen) atoms. The number of piperidine rings is 1. The van der Waals surface area contributed by atoms with Gasteiger partial charge in [0.1, 0.15) is 5.82 Å². The van der Waals surface area contributed by atoms with E-state index in [9.17, 15) is 27.2 Å². The van der Waals surface area contributed by atoms with Gasteiger partial charge < -0.3 is 15.4 Å². The van der Waals surface area contributed by atoms with Crippen LogP contribution in [-0.4, -0.2) is 46.9 Å². The van der Waals surface area contributed by atoms with E-state index in [1.165, 1.54) is 12.3 Å². The summed E-state index contributed by atoms with van der Waals surface area (Å²) in [5.74, 6) is -3.27. The number of H-pyrrole nitrogens is 1. The van der Waals surface area contributed by atoms with Crippen molar-refractivity contribution in [3.63, 3.8) is 0 Å². The predicted octanol–water partition coefficient (Wildman–Crippen LogP) is 4.15. The lowest BCUT2D eigenvalue weighted by atomic mass is 9.91. The summed E-state index contributed by atoms with van der Waals surface area (Å²) in [4.78, 5) is 36.9. The molecule has 0 aliphatic carbocycles. The summed E-state index contributed by atoms with van der Waals surface area (Å²) < 4.78 is 45.9. The number of halogens is 4. The molecule has 3 N–H and O–H groups in total. The van der Waals surface area contributed by atoms with Crippen molar-refractivity contribution < 1.29 is 37.1 Å². The number of carbonyl (C=O) groups is 3. The minimum Gasteiger partial charge on any atom is -0.475 e. The number of benzene rings is 1. The molecule has 6 nitrogen and oxygen atoms in total. The molecule has 0 saturated carbocycles. The van der Waals surface area contributed by atoms with Gasteiger partial charge in [0.15, 0.2) is 11.6 Å². The molecule has 1 aliphatic rings. The molecule has 3 rings (SSSR count). The highest BCUT2D eigenvalue weighted by Crippen LogP contribution is 2.22. The van der Waals surface area contributed by atoms with E-state index in [2.05, 4.69) is 10.3 Å². The lowest BCUT2D eigenvalue weighted by molar-refractivity contribution is -0.192. The van der Waals surface area contributed by atoms with Crippen molar-refractivity contribution in [1.82, 2.24) is 10.3 Å². The van der Waals surface area contributed by atoms with Crippen molar-refractivity contribution >= 4 is 17.5 Å². The lowest BCUT2D eigenvalue weighted by Gasteiger charge is -2.21. The maximum absolute atomic E-state index is 14.1. The second-order valence-electron chi connectivity index (χ2n) is 7.38. The first kappa shape index (κ1) is 25.3. The Bertz CT molecular complexity index is 963. The normalized spacial score (nSPS) is 14.4. The molecule has 2 aromatic rings. The Balaban J connectivity index is 0.000000451. The molecule has 0 bridgehead atoms. The van der Waals surface area contributed by atoms with E-state index in [4.69, 9.17) is 9.90 Å². The smallest absolute Gasteiger partial charge is 0.475 e. The molecule has 0 atom stereocenters. The second kappa shape index (κ2) is 11.0. The molecule has 1 aromatic carbocycles. The fourth-order valence-corrected chi connectivity index (χ4v) is 3.41. The number of aryl methyl sites for hydroxylation is 1. The van der Waals surface area contributed by atoms with Gasteiger partial charge in [0, 0.05) is 18.2 Å². The van der Waals surface area contributed by atoms with Gasteiger partial charge in [0.25, 0.3) is 0 Å². The zero-order valence-electron chi connectivity index (χ0n) is 17.4. The first-order valence-electron chi connectivity index (χ1n) is 10.1. The van der Waals surface area contributed by atoms with Gasteiger partial charge in [-0.1, -0.05) is 19.1 Å². The van der Waals surface area contributed by atoms with Crippen LogP contribution in [0.1, 0.15) is 58.2 Å². The Hall–Kier alpha value is -3.01. The number of ketones is 2. The zero-order valence-corrected chi connectivity index (χ0v) is 17.4. The van der Waals surface area contributed by atoms with E-state index in [0.717, 1.165) is 25.9 Å². The van der Waals surface area contributed by atoms with Gasteiger partial charge in [0.05, 0.1) is 11.3 Å². The number of hydrogen-bond acceptors (Lipinski definition) is 4. The lowest BCUT2D eigenvalue weighted by Crippen LogP contribution is -2.28. The fraction of sp³-hybridized carbons (Fsp3) is 0.409. The average Bonchev–Trinajstić information content (AvgIpc) is 3.24. The molecular weight excluding hydrogens is 432 g/mol. The number of aliphatic carboxylic acids is 1. The molecule has 1 fully saturated rings. The number of carbonyl (C=O) groups excluding carboxylic acids is 2. The Morgan fingerprint density at radius 1 is 1.16 bits per heavy atom. The Morgan fingerprint density at radius 2 is 1.78 bits per heavy atom. The van der Waals surface area contributed by atoms with Crippen LogP contribution in [0.15, 0.2) is 30.5 Å². The van der Waals surface area contributed by atoms with Gasteiger partial charge in [-0.25, -0.2) is 9.18 Å². The van der Waals surface area contributed by atoms with Crippen molar-refractivity contribution in [3.8, 4) is 0 Å². The number of hydrogen-bond donors (Lipinski definition) is 3. The molecule has 0 amide bonds. The highest BCUT2D eigenvalue weighted by Gasteiger charge is 2.38. The van der Waals surface area contributed by atoms with E-state index in [0.29, 0.717) is 35.6 Å². The average molecular weight is 456 g/mol. The molecule has 1 aliphatic heterocycles. The van der Waals surface area contributed by atoms with Crippen molar-refractivity contribution in [2.75, 3.05) is 13.1 Å². The third-order valence-electron chi connectivity index (χ3n) is 5.13. The quantitative estimate of drug-likeness (QED) is 0.448. The third kappa shape index (κ3) is 6.74. The summed E-state index contributed by atoms with van der Waals surface area (Å²) in [7, 11) is 0. The zero-order chi connectivity index (χ0) is 23.9. The highest BCUT2D eigenvalue weighted by atomic mass is 19.4. The predicted molar refractivity (Wildman–Crippen MR) is 108 cm³/mol. The topological polar surface area (TPSA) is 99.3 Å². The number of nitrogens with one attached hydrogen (secondary N) is 2. The molecule has 0 unspecified atom stereocenters. The molecule has 1 saturated heterocycles. The van der Waals surface area contributed by atoms with Crippen LogP contribution >= 0.6 is 0 Å². The molecule has 174 valence electrons. The minimum absolute atomic E-state index is 0.00944. The number of Topliss-reactive ketones (excluding diaryl/α,β-unsaturated/α-hetero) is 1. The van der Waals surface area contributed by atoms with E-state index in [1.807, 2.05) is 6.92 Å². The van der Waals surface area contributed by atoms with Crippen molar-refractivity contribution in [2.24, 2.45) is 5.92 Å². The number of carboxylic acid groups (broad SMARTS) is 1. The van der Waals surface area contributed by atoms with E-state index < -0.39 is 18.0 Å². The number of carboxylic acids is 1. The minimum atomic E-state index is -5.08. The molecule has 10 heteroatoms. The highest BCUT2D eigenvalue weighted by molar-refractivity contribution is 6.11. The van der Waals surface area contributed by atoms with Crippen LogP contribution in [0.3, 0.4) is 0 Å². The van der Waals surface area contributed by atoms with Crippen LogP contribution in [0.4, 0.5) is 17.6 Å². The Kier molecular flexibility index (Phi) is 8.71. The summed E-state index contributed by atoms with van der Waals surface area (Å²) in [5.41, 5.74) is 1.53. The van der Waals surface area contributed by atoms with Crippen LogP contribution in [0.25, 0.3) is 0 Å². The Morgan fingerprint density at radius 3 is 2.34 bits per heavy atom. The van der Waals surface area contributed by atoms with Gasteiger partial charge in [-0.3, -0.25) is 9.59 Å². The van der Waals surface area contributed by atoms with Crippen molar-refractivity contribution in [2.45, 2.75) is 38.8 Å². The van der Waals surface area contributed by atoms with E-state index >= 15 is 0 Å². The summed E-state index contributed by atoms with van der Waals surface area (Å²) in [5, 5.41) is 10.4. The van der Waals surface area contributed by atoms with Crippen molar-refractivity contribution in [1.29, 1.82) is 0 Å². The summed E-state index contributed by atoms with van der Waals surface area (Å²) >= 11 is 0. The third-order valence-corrected chi connectivity index (χ3v) is 5.13. The van der Waals surface area contributed by atoms with Gasteiger partial charge in [-0.05, 0) is 56.0 Å². The maximum atomic E-state index is 14.1. The number of aromatic amines is 1. The van der Waals surface area contributed by atoms with Crippen molar-refractivity contribution in [3.05, 3.63) is 58.7 Å². The first-order chi connectivity index (χ1) is 15.0. The molecule has 1 aromatic heterocycles. The van der Waals surface area contributed by atoms with E-state index in [-0.39, 0.29) is 17.1 Å². The second-order valence-corrected chi connectivity index (χ2v) is 7.38. The van der Waals surface area contributed by atoms with Crippen LogP contribution in [0, 0.1) is 11.7 Å². The molecule has 2 heterocycles. The monoisotopic (exact) mass is 456 g/mol. The van der Waals surface area contributed by atoms with E-state index in [1.54, 1.807) is 18.2 Å². The fourth-order valence-electron chi connectivity index (χ4n) is 3.41. The number of alkyl halides is 3. The van der Waals surface area contributed by atoms with Crippen LogP contribution in [-0.2, 0) is 11.2 Å². The first-order valence-corrected chi connectivity index (χ1v) is 10.1. The maximum Gasteiger partial charge on any atom is 0.490 e. The van der Waals surface area contributed by atoms with Crippen LogP contribution in [0.5, 0.6) is 0 Å². The molecule has 0 radical (unpaired) electrons. The van der Waals surface area contributed by atoms with Gasteiger partial charge >= 0.3 is 12.1 Å². The number of rotatable bonds is 6. The van der Waals surface area contributed by atoms with Crippen LogP contribution < -0.4 is 5.32 Å². The molecule has 0 spiro atoms. The largest absolute Gasteiger partial charge is 0.490 e. The SMILES string of the molecule is CCc1cccc(F)c1C(=O)c1c[nH]c(C(=O)CC2CCNCC2)c1.O=C(O)C(F)(F)F. The Labute approximate surface area is 182 Å². The standard InChI is InChI=1S/C20H23FN2O2.C2HF3O2/c1-2-14-4-3-5-16(21)19(14)20(25)15-11-17(23-12-15)18(24)10-13-6-8-22-9-7-13;3-2(4,5)1(6)7/h3-5,11-13,22-23H,2,6-10H2,1H3;(H,6,7). The van der Waals surface area contributed by atoms with Crippen LogP contribution in [0.2, 0.25) is 0 Å². The van der Waals surface area contributed by atoms with Gasteiger partial charge in [0.2, 0.25) is 0 Å². The summed E-state index contributed by atoms with van der Waals surface area (Å²) in [6.45, 7) is 3.77. The van der Waals surface area contributed by atoms with Gasteiger partial charge in [-0.15, -0.1) is 0 Å². The number of aromatic nitrogens is 1. The summed E-state index contributed by atoms with van der Waals surface area (Å²) in [6.07, 6.45) is -0.537. The summed E-state index contributed by atoms with van der Waals surface area (Å²) in [6, 6.07) is 6.21.